The molecule has 3 aromatic rings. The molecule has 1 fully saturated rings. The van der Waals surface area contributed by atoms with E-state index in [1.54, 1.807) is 6.92 Å². The number of benzene rings is 1. The van der Waals surface area contributed by atoms with E-state index in [-0.39, 0.29) is 6.03 Å². The molecule has 2 heterocycles. The van der Waals surface area contributed by atoms with Crippen LogP contribution in [0.4, 0.5) is 9.80 Å². The van der Waals surface area contributed by atoms with Crippen molar-refractivity contribution in [2.45, 2.75) is 25.3 Å². The second-order valence-electron chi connectivity index (χ2n) is 5.75. The van der Waals surface area contributed by atoms with Gasteiger partial charge in [0.1, 0.15) is 10.5 Å². The van der Waals surface area contributed by atoms with Gasteiger partial charge < -0.3 is 9.84 Å². The first kappa shape index (κ1) is 14.8. The van der Waals surface area contributed by atoms with Crippen molar-refractivity contribution in [3.05, 3.63) is 48.1 Å². The summed E-state index contributed by atoms with van der Waals surface area (Å²) >= 11 is 1.25. The predicted molar refractivity (Wildman–Crippen MR) is 89.7 cm³/mol. The lowest BCUT2D eigenvalue weighted by molar-refractivity contribution is 0.241. The van der Waals surface area contributed by atoms with E-state index in [9.17, 15) is 4.79 Å². The Morgan fingerprint density at radius 1 is 1.29 bits per heavy atom. The average Bonchev–Trinajstić information content (AvgIpc) is 2.99. The Morgan fingerprint density at radius 3 is 2.75 bits per heavy atom. The second-order valence-corrected chi connectivity index (χ2v) is 6.56. The summed E-state index contributed by atoms with van der Waals surface area (Å²) in [4.78, 5) is 16.5. The summed E-state index contributed by atoms with van der Waals surface area (Å²) in [5.74, 6) is 1.03. The number of nitrogens with one attached hydrogen (secondary N) is 2. The van der Waals surface area contributed by atoms with Gasteiger partial charge in [-0.3, -0.25) is 5.32 Å². The first-order chi connectivity index (χ1) is 11.6. The zero-order chi connectivity index (χ0) is 16.6. The van der Waals surface area contributed by atoms with Crippen LogP contribution in [-0.4, -0.2) is 20.5 Å². The van der Waals surface area contributed by atoms with Crippen LogP contribution in [-0.2, 0) is 5.54 Å². The first-order valence-corrected chi connectivity index (χ1v) is 8.34. The molecule has 1 aliphatic rings. The van der Waals surface area contributed by atoms with Gasteiger partial charge in [0.15, 0.2) is 5.82 Å². The molecule has 24 heavy (non-hydrogen) atoms. The van der Waals surface area contributed by atoms with Gasteiger partial charge in [-0.2, -0.15) is 9.36 Å². The lowest BCUT2D eigenvalue weighted by Gasteiger charge is -2.12. The van der Waals surface area contributed by atoms with E-state index >= 15 is 0 Å². The number of aromatic nitrogens is 3. The molecular formula is C16H15N5O2S. The van der Waals surface area contributed by atoms with Crippen LogP contribution in [0.15, 0.2) is 40.9 Å². The largest absolute Gasteiger partial charge is 0.337 e. The van der Waals surface area contributed by atoms with E-state index in [1.807, 2.05) is 36.4 Å². The smallest absolute Gasteiger partial charge is 0.320 e. The molecule has 7 nitrogen and oxygen atoms in total. The normalized spacial score (nSPS) is 15.0. The zero-order valence-corrected chi connectivity index (χ0v) is 13.8. The van der Waals surface area contributed by atoms with Gasteiger partial charge in [-0.15, -0.1) is 0 Å². The molecule has 0 saturated heterocycles. The van der Waals surface area contributed by atoms with Crippen LogP contribution in [0.2, 0.25) is 0 Å². The number of nitrogens with zero attached hydrogens (tertiary/aromatic N) is 3. The fourth-order valence-electron chi connectivity index (χ4n) is 2.45. The van der Waals surface area contributed by atoms with Gasteiger partial charge in [0.2, 0.25) is 0 Å². The summed E-state index contributed by atoms with van der Waals surface area (Å²) < 4.78 is 9.56. The molecule has 4 rings (SSSR count). The van der Waals surface area contributed by atoms with Crippen molar-refractivity contribution in [2.24, 2.45) is 0 Å². The minimum atomic E-state index is -0.529. The molecule has 0 aliphatic heterocycles. The summed E-state index contributed by atoms with van der Waals surface area (Å²) in [5, 5.41) is 10.2. The van der Waals surface area contributed by atoms with Gasteiger partial charge in [0.25, 0.3) is 5.89 Å². The van der Waals surface area contributed by atoms with Crippen molar-refractivity contribution < 1.29 is 9.32 Å². The van der Waals surface area contributed by atoms with Crippen LogP contribution < -0.4 is 10.6 Å². The Hall–Kier alpha value is -2.74. The molecular weight excluding hydrogens is 326 g/mol. The minimum absolute atomic E-state index is 0.299. The number of urea groups is 1. The zero-order valence-electron chi connectivity index (χ0n) is 12.9. The number of amides is 2. The van der Waals surface area contributed by atoms with E-state index in [2.05, 4.69) is 25.1 Å². The Bertz CT molecular complexity index is 869. The SMILES string of the molecule is Cc1noc(C2(NC(=O)Nc3cc(-c4ccccc4)ns3)CC2)n1. The Labute approximate surface area is 142 Å². The predicted octanol–water partition coefficient (Wildman–Crippen LogP) is 3.31. The van der Waals surface area contributed by atoms with Crippen LogP contribution in [0.5, 0.6) is 0 Å². The maximum atomic E-state index is 12.3. The van der Waals surface area contributed by atoms with Gasteiger partial charge in [-0.05, 0) is 31.3 Å². The monoisotopic (exact) mass is 341 g/mol. The molecule has 0 spiro atoms. The molecule has 0 unspecified atom stereocenters. The molecule has 0 radical (unpaired) electrons. The van der Waals surface area contributed by atoms with Crippen molar-refractivity contribution in [3.8, 4) is 11.3 Å². The topological polar surface area (TPSA) is 92.9 Å². The number of hydrogen-bond acceptors (Lipinski definition) is 6. The maximum Gasteiger partial charge on any atom is 0.320 e. The molecule has 2 aromatic heterocycles. The fourth-order valence-corrected chi connectivity index (χ4v) is 3.11. The highest BCUT2D eigenvalue weighted by Gasteiger charge is 2.50. The maximum absolute atomic E-state index is 12.3. The van der Waals surface area contributed by atoms with E-state index in [1.165, 1.54) is 11.5 Å². The molecule has 0 bridgehead atoms. The number of carbonyl (C=O) groups excluding carboxylic acids is 1. The summed E-state index contributed by atoms with van der Waals surface area (Å²) in [6.07, 6.45) is 1.58. The van der Waals surface area contributed by atoms with Crippen molar-refractivity contribution in [1.29, 1.82) is 0 Å². The summed E-state index contributed by atoms with van der Waals surface area (Å²) in [5.41, 5.74) is 1.32. The van der Waals surface area contributed by atoms with Crippen LogP contribution in [0.25, 0.3) is 11.3 Å². The molecule has 1 saturated carbocycles. The van der Waals surface area contributed by atoms with E-state index in [0.717, 1.165) is 24.1 Å². The van der Waals surface area contributed by atoms with Gasteiger partial charge >= 0.3 is 6.03 Å². The van der Waals surface area contributed by atoms with E-state index in [4.69, 9.17) is 4.52 Å². The van der Waals surface area contributed by atoms with E-state index in [0.29, 0.717) is 16.7 Å². The van der Waals surface area contributed by atoms with Crippen LogP contribution >= 0.6 is 11.5 Å². The molecule has 1 aliphatic carbocycles. The highest BCUT2D eigenvalue weighted by Crippen LogP contribution is 2.44. The third-order valence-electron chi connectivity index (χ3n) is 3.86. The lowest BCUT2D eigenvalue weighted by atomic mass is 10.2. The van der Waals surface area contributed by atoms with Crippen LogP contribution in [0.3, 0.4) is 0 Å². The summed E-state index contributed by atoms with van der Waals surface area (Å²) in [6, 6.07) is 11.4. The van der Waals surface area contributed by atoms with Crippen molar-refractivity contribution in [2.75, 3.05) is 5.32 Å². The average molecular weight is 341 g/mol. The number of aryl methyl sites for hydroxylation is 1. The minimum Gasteiger partial charge on any atom is -0.337 e. The molecule has 2 amide bonds. The second kappa shape index (κ2) is 5.72. The summed E-state index contributed by atoms with van der Waals surface area (Å²) in [6.45, 7) is 1.76. The van der Waals surface area contributed by atoms with Gasteiger partial charge in [-0.1, -0.05) is 35.5 Å². The van der Waals surface area contributed by atoms with Crippen LogP contribution in [0, 0.1) is 6.92 Å². The number of carbonyl (C=O) groups is 1. The number of hydrogen-bond donors (Lipinski definition) is 2. The Balaban J connectivity index is 1.43. The van der Waals surface area contributed by atoms with Gasteiger partial charge in [0.05, 0.1) is 5.69 Å². The third kappa shape index (κ3) is 2.88. The molecule has 1 aromatic carbocycles. The standard InChI is InChI=1S/C16H15N5O2S/c1-10-17-14(23-20-10)16(7-8-16)19-15(22)18-13-9-12(21-24-13)11-5-3-2-4-6-11/h2-6,9H,7-8H2,1H3,(H2,18,19,22). The van der Waals surface area contributed by atoms with E-state index < -0.39 is 5.54 Å². The number of rotatable bonds is 4. The molecule has 8 heteroatoms. The fraction of sp³-hybridized carbons (Fsp3) is 0.250. The third-order valence-corrected chi connectivity index (χ3v) is 4.56. The van der Waals surface area contributed by atoms with Crippen molar-refractivity contribution in [3.63, 3.8) is 0 Å². The van der Waals surface area contributed by atoms with Crippen molar-refractivity contribution in [1.82, 2.24) is 19.8 Å². The van der Waals surface area contributed by atoms with Gasteiger partial charge in [-0.25, -0.2) is 4.79 Å². The highest BCUT2D eigenvalue weighted by molar-refractivity contribution is 7.10. The molecule has 122 valence electrons. The molecule has 2 N–H and O–H groups in total. The lowest BCUT2D eigenvalue weighted by Crippen LogP contribution is -2.38. The molecule has 0 atom stereocenters. The van der Waals surface area contributed by atoms with Crippen molar-refractivity contribution >= 4 is 22.6 Å². The van der Waals surface area contributed by atoms with Crippen LogP contribution in [0.1, 0.15) is 24.6 Å². The number of anilines is 1. The Kier molecular flexibility index (Phi) is 3.53. The van der Waals surface area contributed by atoms with Gasteiger partial charge in [0, 0.05) is 11.6 Å². The summed E-state index contributed by atoms with van der Waals surface area (Å²) in [7, 11) is 0. The Morgan fingerprint density at radius 2 is 2.08 bits per heavy atom. The quantitative estimate of drug-likeness (QED) is 0.759. The highest BCUT2D eigenvalue weighted by atomic mass is 32.1. The first-order valence-electron chi connectivity index (χ1n) is 7.57.